The second-order valence-corrected chi connectivity index (χ2v) is 7.14. The van der Waals surface area contributed by atoms with Gasteiger partial charge in [0.15, 0.2) is 0 Å². The molecule has 1 N–H and O–H groups in total. The summed E-state index contributed by atoms with van der Waals surface area (Å²) in [6.45, 7) is 2.92. The predicted octanol–water partition coefficient (Wildman–Crippen LogP) is 2.72. The van der Waals surface area contributed by atoms with Crippen molar-refractivity contribution in [3.63, 3.8) is 0 Å². The average Bonchev–Trinajstić information content (AvgIpc) is 2.89. The number of carbonyl (C=O) groups excluding carboxylic acids is 1. The van der Waals surface area contributed by atoms with Gasteiger partial charge in [-0.3, -0.25) is 0 Å². The molecule has 0 fully saturated rings. The molecule has 0 bridgehead atoms. The molecule has 2 aromatic carbocycles. The van der Waals surface area contributed by atoms with E-state index in [1.165, 1.54) is 16.0 Å². The van der Waals surface area contributed by atoms with Crippen LogP contribution in [0.5, 0.6) is 0 Å². The Labute approximate surface area is 161 Å². The van der Waals surface area contributed by atoms with Gasteiger partial charge in [0.05, 0.1) is 12.6 Å². The first-order valence-corrected chi connectivity index (χ1v) is 9.51. The summed E-state index contributed by atoms with van der Waals surface area (Å²) in [7, 11) is 1.66. The maximum Gasteiger partial charge on any atom is 0.409 e. The number of hydrogen-bond donors (Lipinski definition) is 1. The molecule has 1 unspecified atom stereocenters. The molecule has 2 aromatic rings. The summed E-state index contributed by atoms with van der Waals surface area (Å²) in [5.41, 5.74) is 3.75. The third-order valence-electron chi connectivity index (χ3n) is 4.98. The molecule has 0 saturated carbocycles. The van der Waals surface area contributed by atoms with Crippen molar-refractivity contribution >= 4 is 6.09 Å². The SMILES string of the molecule is CN(CC(O)CN1CCc2ccccc2CC1)C(=O)OCc1ccccc1. The topological polar surface area (TPSA) is 53.0 Å². The normalized spacial score (nSPS) is 15.5. The first-order chi connectivity index (χ1) is 13.1. The van der Waals surface area contributed by atoms with Crippen LogP contribution in [0.4, 0.5) is 4.79 Å². The van der Waals surface area contributed by atoms with Crippen LogP contribution in [-0.4, -0.2) is 60.3 Å². The van der Waals surface area contributed by atoms with Crippen molar-refractivity contribution in [3.8, 4) is 0 Å². The third kappa shape index (κ3) is 5.81. The van der Waals surface area contributed by atoms with Crippen molar-refractivity contribution < 1.29 is 14.6 Å². The largest absolute Gasteiger partial charge is 0.445 e. The van der Waals surface area contributed by atoms with Crippen molar-refractivity contribution in [1.82, 2.24) is 9.80 Å². The van der Waals surface area contributed by atoms with Gasteiger partial charge in [-0.1, -0.05) is 54.6 Å². The zero-order chi connectivity index (χ0) is 19.1. The Balaban J connectivity index is 1.42. The maximum absolute atomic E-state index is 12.1. The molecule has 1 atom stereocenters. The molecule has 0 saturated heterocycles. The second-order valence-electron chi connectivity index (χ2n) is 7.14. The molecular weight excluding hydrogens is 340 g/mol. The van der Waals surface area contributed by atoms with E-state index in [2.05, 4.69) is 29.2 Å². The summed E-state index contributed by atoms with van der Waals surface area (Å²) in [5, 5.41) is 10.4. The molecular formula is C22H28N2O3. The van der Waals surface area contributed by atoms with Crippen molar-refractivity contribution in [2.24, 2.45) is 0 Å². The summed E-state index contributed by atoms with van der Waals surface area (Å²) in [6.07, 6.45) is 0.983. The minimum Gasteiger partial charge on any atom is -0.445 e. The highest BCUT2D eigenvalue weighted by Gasteiger charge is 2.19. The number of hydrogen-bond acceptors (Lipinski definition) is 4. The van der Waals surface area contributed by atoms with Crippen LogP contribution >= 0.6 is 0 Å². The van der Waals surface area contributed by atoms with E-state index in [0.29, 0.717) is 6.54 Å². The van der Waals surface area contributed by atoms with Gasteiger partial charge in [-0.05, 0) is 29.5 Å². The number of benzene rings is 2. The van der Waals surface area contributed by atoms with Crippen LogP contribution in [0, 0.1) is 0 Å². The van der Waals surface area contributed by atoms with Crippen molar-refractivity contribution in [2.45, 2.75) is 25.6 Å². The van der Waals surface area contributed by atoms with E-state index in [-0.39, 0.29) is 13.2 Å². The van der Waals surface area contributed by atoms with Gasteiger partial charge >= 0.3 is 6.09 Å². The maximum atomic E-state index is 12.1. The number of fused-ring (bicyclic) bond motifs is 1. The van der Waals surface area contributed by atoms with E-state index in [1.807, 2.05) is 30.3 Å². The molecule has 0 spiro atoms. The van der Waals surface area contributed by atoms with Crippen LogP contribution < -0.4 is 0 Å². The quantitative estimate of drug-likeness (QED) is 0.852. The molecule has 1 aliphatic heterocycles. The van der Waals surface area contributed by atoms with E-state index in [1.54, 1.807) is 7.05 Å². The summed E-state index contributed by atoms with van der Waals surface area (Å²) >= 11 is 0. The van der Waals surface area contributed by atoms with Crippen LogP contribution in [0.3, 0.4) is 0 Å². The standard InChI is InChI=1S/C22H28N2O3/c1-23(22(26)27-17-18-7-3-2-4-8-18)15-21(25)16-24-13-11-19-9-5-6-10-20(19)12-14-24/h2-10,21,25H,11-17H2,1H3. The molecule has 5 heteroatoms. The molecule has 0 aromatic heterocycles. The fourth-order valence-electron chi connectivity index (χ4n) is 3.47. The second kappa shape index (κ2) is 9.53. The fraction of sp³-hybridized carbons (Fsp3) is 0.409. The van der Waals surface area contributed by atoms with Gasteiger partial charge in [0.1, 0.15) is 6.61 Å². The molecule has 144 valence electrons. The minimum absolute atomic E-state index is 0.241. The Bertz CT molecular complexity index is 708. The van der Waals surface area contributed by atoms with Gasteiger partial charge in [-0.25, -0.2) is 4.79 Å². The van der Waals surface area contributed by atoms with Crippen molar-refractivity contribution in [3.05, 3.63) is 71.3 Å². The van der Waals surface area contributed by atoms with Crippen LogP contribution in [0.25, 0.3) is 0 Å². The highest BCUT2D eigenvalue weighted by atomic mass is 16.6. The van der Waals surface area contributed by atoms with Gasteiger partial charge in [0, 0.05) is 26.7 Å². The smallest absolute Gasteiger partial charge is 0.409 e. The Hall–Kier alpha value is -2.37. The number of carbonyl (C=O) groups is 1. The number of β-amino-alcohol motifs (C(OH)–C–C–N with tert-alkyl or cyclic N) is 1. The van der Waals surface area contributed by atoms with Crippen LogP contribution in [0.2, 0.25) is 0 Å². The van der Waals surface area contributed by atoms with Gasteiger partial charge < -0.3 is 19.6 Å². The van der Waals surface area contributed by atoms with E-state index in [0.717, 1.165) is 31.5 Å². The number of nitrogens with zero attached hydrogens (tertiary/aromatic N) is 2. The number of ether oxygens (including phenoxy) is 1. The first-order valence-electron chi connectivity index (χ1n) is 9.51. The van der Waals surface area contributed by atoms with E-state index >= 15 is 0 Å². The lowest BCUT2D eigenvalue weighted by molar-refractivity contribution is 0.0625. The van der Waals surface area contributed by atoms with Crippen molar-refractivity contribution in [2.75, 3.05) is 33.2 Å². The van der Waals surface area contributed by atoms with Gasteiger partial charge in [0.25, 0.3) is 0 Å². The molecule has 3 rings (SSSR count). The molecule has 27 heavy (non-hydrogen) atoms. The molecule has 1 amide bonds. The Morgan fingerprint density at radius 2 is 1.67 bits per heavy atom. The number of rotatable bonds is 6. The Morgan fingerprint density at radius 1 is 1.07 bits per heavy atom. The summed E-state index contributed by atoms with van der Waals surface area (Å²) in [5.74, 6) is 0. The summed E-state index contributed by atoms with van der Waals surface area (Å²) < 4.78 is 5.31. The third-order valence-corrected chi connectivity index (χ3v) is 4.98. The highest BCUT2D eigenvalue weighted by molar-refractivity contribution is 5.67. The molecule has 5 nitrogen and oxygen atoms in total. The zero-order valence-electron chi connectivity index (χ0n) is 15.9. The average molecular weight is 368 g/mol. The molecule has 0 radical (unpaired) electrons. The fourth-order valence-corrected chi connectivity index (χ4v) is 3.47. The Morgan fingerprint density at radius 3 is 2.30 bits per heavy atom. The molecule has 1 heterocycles. The van der Waals surface area contributed by atoms with Crippen molar-refractivity contribution in [1.29, 1.82) is 0 Å². The minimum atomic E-state index is -0.597. The number of aliphatic hydroxyl groups is 1. The molecule has 0 aliphatic carbocycles. The predicted molar refractivity (Wildman–Crippen MR) is 106 cm³/mol. The van der Waals surface area contributed by atoms with Crippen LogP contribution in [0.15, 0.2) is 54.6 Å². The number of aliphatic hydroxyl groups excluding tert-OH is 1. The van der Waals surface area contributed by atoms with E-state index < -0.39 is 12.2 Å². The molecule has 1 aliphatic rings. The van der Waals surface area contributed by atoms with Crippen LogP contribution in [-0.2, 0) is 24.2 Å². The number of likely N-dealkylation sites (N-methyl/N-ethyl adjacent to an activating group) is 1. The zero-order valence-corrected chi connectivity index (χ0v) is 15.9. The van der Waals surface area contributed by atoms with Gasteiger partial charge in [-0.2, -0.15) is 0 Å². The van der Waals surface area contributed by atoms with Gasteiger partial charge in [0.2, 0.25) is 0 Å². The highest BCUT2D eigenvalue weighted by Crippen LogP contribution is 2.15. The van der Waals surface area contributed by atoms with E-state index in [4.69, 9.17) is 4.74 Å². The lowest BCUT2D eigenvalue weighted by Gasteiger charge is -2.26. The monoisotopic (exact) mass is 368 g/mol. The Kier molecular flexibility index (Phi) is 6.85. The lowest BCUT2D eigenvalue weighted by atomic mass is 10.0. The first kappa shape index (κ1) is 19.4. The number of amides is 1. The van der Waals surface area contributed by atoms with Gasteiger partial charge in [-0.15, -0.1) is 0 Å². The summed E-state index contributed by atoms with van der Waals surface area (Å²) in [6, 6.07) is 18.1. The lowest BCUT2D eigenvalue weighted by Crippen LogP contribution is -2.42. The summed E-state index contributed by atoms with van der Waals surface area (Å²) in [4.78, 5) is 15.8. The van der Waals surface area contributed by atoms with Crippen LogP contribution in [0.1, 0.15) is 16.7 Å². The van der Waals surface area contributed by atoms with E-state index in [9.17, 15) is 9.90 Å².